The molecule has 6 rings (SSSR count). The molecule has 0 radical (unpaired) electrons. The Labute approximate surface area is 349 Å². The third-order valence-corrected chi connectivity index (χ3v) is 14.2. The van der Waals surface area contributed by atoms with Gasteiger partial charge in [-0.05, 0) is 35.8 Å². The summed E-state index contributed by atoms with van der Waals surface area (Å²) in [4.78, 5) is 71.4. The summed E-state index contributed by atoms with van der Waals surface area (Å²) in [7, 11) is 0.745. The largest absolute Gasteiger partial charge is 0.453 e. The molecule has 0 bridgehead atoms. The van der Waals surface area contributed by atoms with Gasteiger partial charge < -0.3 is 39.9 Å². The predicted octanol–water partition coefficient (Wildman–Crippen LogP) is 8.00. The quantitative estimate of drug-likeness (QED) is 0.110. The first kappa shape index (κ1) is 42.7. The van der Waals surface area contributed by atoms with Crippen LogP contribution in [0.3, 0.4) is 0 Å². The summed E-state index contributed by atoms with van der Waals surface area (Å²) in [5, 5.41) is 6.16. The molecule has 0 unspecified atom stereocenters. The Morgan fingerprint density at radius 2 is 1.12 bits per heavy atom. The minimum atomic E-state index is -1.81. The van der Waals surface area contributed by atoms with Crippen LogP contribution in [0.1, 0.15) is 64.3 Å². The first-order valence-electron chi connectivity index (χ1n) is 19.5. The van der Waals surface area contributed by atoms with Crippen molar-refractivity contribution >= 4 is 55.3 Å². The minimum Gasteiger partial charge on any atom is -0.453 e. The predicted molar refractivity (Wildman–Crippen MR) is 226 cm³/mol. The number of halogens is 2. The molecule has 4 amide bonds. The second kappa shape index (κ2) is 17.6. The molecule has 2 aromatic carbocycles. The minimum absolute atomic E-state index is 0.141. The molecule has 0 aliphatic carbocycles. The SMILES string of the molecule is COC(=O)N[C@H](C(=O)N1CCC[C@H]1c1nc(-c2ccc(-c3ccc(-c4nc([C@@H]5C[Si-](C)(C)CN5C(=O)[C@@H](NC(=O)OC)C(C)C)[nH]c4Cl)cc3)cc2)c(Cl)[nH]1)C(C)C. The monoisotopic (exact) mass is 850 g/mol. The zero-order valence-electron chi connectivity index (χ0n) is 34.1. The van der Waals surface area contributed by atoms with E-state index in [1.807, 2.05) is 81.1 Å². The van der Waals surface area contributed by atoms with E-state index in [2.05, 4.69) is 33.7 Å². The number of likely N-dealkylation sites (tertiary alicyclic amines) is 1. The molecule has 2 saturated heterocycles. The van der Waals surface area contributed by atoms with Crippen LogP contribution in [0.2, 0.25) is 29.4 Å². The van der Waals surface area contributed by atoms with Crippen molar-refractivity contribution in [2.75, 3.05) is 26.9 Å². The maximum absolute atomic E-state index is 13.9. The van der Waals surface area contributed by atoms with E-state index in [9.17, 15) is 19.2 Å². The molecule has 4 atom stereocenters. The number of aromatic amines is 2. The highest BCUT2D eigenvalue weighted by Crippen LogP contribution is 2.40. The lowest BCUT2D eigenvalue weighted by atomic mass is 10.0. The van der Waals surface area contributed by atoms with Crippen LogP contribution in [0.5, 0.6) is 0 Å². The molecule has 2 aliphatic rings. The molecule has 17 heteroatoms. The second-order valence-electron chi connectivity index (χ2n) is 16.5. The molecule has 58 heavy (non-hydrogen) atoms. The van der Waals surface area contributed by atoms with E-state index in [4.69, 9.17) is 42.6 Å². The lowest BCUT2D eigenvalue weighted by Crippen LogP contribution is -2.52. The van der Waals surface area contributed by atoms with Crippen molar-refractivity contribution in [3.8, 4) is 33.6 Å². The van der Waals surface area contributed by atoms with Gasteiger partial charge in [0, 0.05) is 17.7 Å². The maximum Gasteiger partial charge on any atom is 0.407 e. The first-order chi connectivity index (χ1) is 27.5. The van der Waals surface area contributed by atoms with Crippen molar-refractivity contribution in [2.24, 2.45) is 11.8 Å². The van der Waals surface area contributed by atoms with Crippen molar-refractivity contribution in [3.05, 3.63) is 70.5 Å². The van der Waals surface area contributed by atoms with E-state index in [1.54, 1.807) is 4.90 Å². The van der Waals surface area contributed by atoms with Crippen LogP contribution in [0.25, 0.3) is 33.6 Å². The van der Waals surface area contributed by atoms with Gasteiger partial charge in [0.25, 0.3) is 0 Å². The van der Waals surface area contributed by atoms with Crippen LogP contribution in [0, 0.1) is 11.8 Å². The van der Waals surface area contributed by atoms with E-state index in [0.29, 0.717) is 52.5 Å². The summed E-state index contributed by atoms with van der Waals surface area (Å²) >= 11 is 13.5. The van der Waals surface area contributed by atoms with Crippen molar-refractivity contribution < 1.29 is 28.7 Å². The van der Waals surface area contributed by atoms with Crippen molar-refractivity contribution in [2.45, 2.75) is 83.8 Å². The molecule has 2 aromatic heterocycles. The lowest BCUT2D eigenvalue weighted by Gasteiger charge is -2.33. The number of imidazole rings is 2. The summed E-state index contributed by atoms with van der Waals surface area (Å²) in [6.07, 6.45) is 0.847. The molecule has 0 saturated carbocycles. The van der Waals surface area contributed by atoms with Crippen LogP contribution in [-0.2, 0) is 19.1 Å². The van der Waals surface area contributed by atoms with Gasteiger partial charge in [-0.15, -0.1) is 14.1 Å². The number of nitrogens with one attached hydrogen (secondary N) is 4. The average Bonchev–Trinajstić information content (AvgIpc) is 4.00. The van der Waals surface area contributed by atoms with Gasteiger partial charge in [0.2, 0.25) is 11.8 Å². The van der Waals surface area contributed by atoms with E-state index in [-0.39, 0.29) is 35.7 Å². The Bertz CT molecular complexity index is 2140. The number of alkyl carbamates (subject to hydrolysis) is 2. The van der Waals surface area contributed by atoms with Gasteiger partial charge in [0.05, 0.1) is 26.3 Å². The van der Waals surface area contributed by atoms with Gasteiger partial charge in [-0.3, -0.25) is 9.59 Å². The van der Waals surface area contributed by atoms with E-state index < -0.39 is 32.3 Å². The summed E-state index contributed by atoms with van der Waals surface area (Å²) in [6, 6.07) is 14.6. The smallest absolute Gasteiger partial charge is 0.407 e. The topological polar surface area (TPSA) is 175 Å². The molecule has 4 N–H and O–H groups in total. The first-order valence-corrected chi connectivity index (χ1v) is 23.7. The number of rotatable bonds is 11. The number of ether oxygens (including phenoxy) is 2. The number of aromatic nitrogens is 4. The summed E-state index contributed by atoms with van der Waals surface area (Å²) < 4.78 is 9.55. The summed E-state index contributed by atoms with van der Waals surface area (Å²) in [5.74, 6) is 0.577. The standard InChI is InChI=1S/C41H52Cl2N8O6Si/c1-22(2)30(46-40(54)56-5)38(52)50-19-9-10-28(50)36-44-32(34(42)48-36)26-15-11-24(12-16-26)25-13-17-27(18-14-25)33-35(43)49-37(45-33)29-20-58(7,8)21-51(29)39(53)31(23(3)4)47-41(55)57-6/h11-18,22-23,28-31H,9-10,19-21H2,1-8H3,(H,44,48)(H,45,49)(H,46,54)(H,47,55)/q-1/t28-,29-,30-,31-/m0/s1. The Balaban J connectivity index is 1.17. The zero-order valence-corrected chi connectivity index (χ0v) is 36.6. The van der Waals surface area contributed by atoms with Gasteiger partial charge in [-0.1, -0.05) is 106 Å². The highest BCUT2D eigenvalue weighted by Gasteiger charge is 2.41. The molecular weight excluding hydrogens is 799 g/mol. The number of carbonyl (C=O) groups is 4. The van der Waals surface area contributed by atoms with Crippen LogP contribution in [-0.4, -0.2) is 101 Å². The summed E-state index contributed by atoms with van der Waals surface area (Å²) in [6.45, 7) is 12.6. The number of nitrogens with zero attached hydrogens (tertiary/aromatic N) is 4. The molecule has 2 fully saturated rings. The van der Waals surface area contributed by atoms with Crippen LogP contribution in [0.4, 0.5) is 9.59 Å². The molecule has 2 aliphatic heterocycles. The zero-order chi connectivity index (χ0) is 42.1. The number of methoxy groups -OCH3 is 2. The van der Waals surface area contributed by atoms with Crippen molar-refractivity contribution in [3.63, 3.8) is 0 Å². The number of carbonyl (C=O) groups excluding carboxylic acids is 4. The number of hydrogen-bond acceptors (Lipinski definition) is 8. The van der Waals surface area contributed by atoms with Crippen LogP contribution in [0.15, 0.2) is 48.5 Å². The van der Waals surface area contributed by atoms with E-state index >= 15 is 0 Å². The van der Waals surface area contributed by atoms with E-state index in [1.165, 1.54) is 14.2 Å². The Hall–Kier alpha value is -4.86. The van der Waals surface area contributed by atoms with Crippen LogP contribution < -0.4 is 10.6 Å². The van der Waals surface area contributed by atoms with Gasteiger partial charge >= 0.3 is 12.2 Å². The molecule has 0 spiro atoms. The number of benzene rings is 2. The van der Waals surface area contributed by atoms with Crippen molar-refractivity contribution in [1.29, 1.82) is 0 Å². The third-order valence-electron chi connectivity index (χ3n) is 11.0. The molecular formula is C41H52Cl2N8O6Si-. The van der Waals surface area contributed by atoms with Gasteiger partial charge in [0.1, 0.15) is 45.4 Å². The van der Waals surface area contributed by atoms with E-state index in [0.717, 1.165) is 34.7 Å². The maximum atomic E-state index is 13.9. The Morgan fingerprint density at radius 3 is 1.55 bits per heavy atom. The lowest BCUT2D eigenvalue weighted by molar-refractivity contribution is -0.136. The van der Waals surface area contributed by atoms with Crippen molar-refractivity contribution in [1.82, 2.24) is 40.4 Å². The fraction of sp³-hybridized carbons (Fsp3) is 0.463. The fourth-order valence-electron chi connectivity index (χ4n) is 7.89. The van der Waals surface area contributed by atoms with Gasteiger partial charge in [-0.2, -0.15) is 13.1 Å². The highest BCUT2D eigenvalue weighted by molar-refractivity contribution is 6.78. The normalized spacial score (nSPS) is 18.7. The third kappa shape index (κ3) is 9.06. The van der Waals surface area contributed by atoms with Gasteiger partial charge in [0.15, 0.2) is 0 Å². The van der Waals surface area contributed by atoms with Crippen LogP contribution >= 0.6 is 23.2 Å². The highest BCUT2D eigenvalue weighted by atomic mass is 35.5. The number of hydrogen-bond donors (Lipinski definition) is 4. The summed E-state index contributed by atoms with van der Waals surface area (Å²) in [5.41, 5.74) is 4.78. The molecule has 4 heterocycles. The average molecular weight is 852 g/mol. The Morgan fingerprint density at radius 1 is 0.707 bits per heavy atom. The number of amides is 4. The second-order valence-corrected chi connectivity index (χ2v) is 22.3. The number of H-pyrrole nitrogens is 2. The van der Waals surface area contributed by atoms with Gasteiger partial charge in [-0.25, -0.2) is 19.6 Å². The fourth-order valence-corrected chi connectivity index (χ4v) is 11.3. The molecule has 14 nitrogen and oxygen atoms in total. The molecule has 4 aromatic rings. The molecule has 311 valence electrons. The Kier molecular flexibility index (Phi) is 12.9.